The molecule has 1 rings (SSSR count). The van der Waals surface area contributed by atoms with Gasteiger partial charge < -0.3 is 19.5 Å². The van der Waals surface area contributed by atoms with Crippen LogP contribution < -0.4 is 10.6 Å². The number of carbonyl (C=O) groups excluding carboxylic acids is 1. The Kier molecular flexibility index (Phi) is 6.58. The molecular formula is C15H23FN2O4. The van der Waals surface area contributed by atoms with Crippen LogP contribution in [0.1, 0.15) is 20.8 Å². The molecule has 0 aliphatic heterocycles. The topological polar surface area (TPSA) is 68.8 Å². The van der Waals surface area contributed by atoms with E-state index in [2.05, 4.69) is 10.6 Å². The third-order valence-corrected chi connectivity index (χ3v) is 2.60. The van der Waals surface area contributed by atoms with E-state index < -0.39 is 23.8 Å². The average Bonchev–Trinajstić information content (AvgIpc) is 2.41. The van der Waals surface area contributed by atoms with Crippen molar-refractivity contribution in [1.29, 1.82) is 0 Å². The van der Waals surface area contributed by atoms with E-state index in [4.69, 9.17) is 14.2 Å². The molecule has 0 saturated heterocycles. The minimum absolute atomic E-state index is 0.229. The Bertz CT molecular complexity index is 499. The smallest absolute Gasteiger partial charge is 0.412 e. The number of nitrogens with one attached hydrogen (secondary N) is 2. The van der Waals surface area contributed by atoms with Crippen LogP contribution in [0.3, 0.4) is 0 Å². The highest BCUT2D eigenvalue weighted by Crippen LogP contribution is 2.20. The Hall–Kier alpha value is -1.86. The van der Waals surface area contributed by atoms with Crippen molar-refractivity contribution in [3.8, 4) is 0 Å². The number of ether oxygens (including phenoxy) is 3. The Balaban J connectivity index is 2.71. The summed E-state index contributed by atoms with van der Waals surface area (Å²) in [6, 6.07) is 4.18. The SMILES string of the molecule is COC(CNc1cc(NC(=O)OC(C)(C)C)ccc1F)OC. The Morgan fingerprint density at radius 1 is 1.27 bits per heavy atom. The number of hydrogen-bond acceptors (Lipinski definition) is 5. The van der Waals surface area contributed by atoms with Crippen LogP contribution in [0.5, 0.6) is 0 Å². The number of halogens is 1. The minimum atomic E-state index is -0.602. The number of amides is 1. The molecule has 124 valence electrons. The fourth-order valence-electron chi connectivity index (χ4n) is 1.62. The summed E-state index contributed by atoms with van der Waals surface area (Å²) in [7, 11) is 2.99. The fraction of sp³-hybridized carbons (Fsp3) is 0.533. The lowest BCUT2D eigenvalue weighted by molar-refractivity contribution is -0.0914. The van der Waals surface area contributed by atoms with Crippen molar-refractivity contribution >= 4 is 17.5 Å². The van der Waals surface area contributed by atoms with Crippen LogP contribution >= 0.6 is 0 Å². The van der Waals surface area contributed by atoms with E-state index in [0.29, 0.717) is 5.69 Å². The molecule has 0 heterocycles. The maximum Gasteiger partial charge on any atom is 0.412 e. The summed E-state index contributed by atoms with van der Waals surface area (Å²) >= 11 is 0. The average molecular weight is 314 g/mol. The van der Waals surface area contributed by atoms with Gasteiger partial charge >= 0.3 is 6.09 Å². The minimum Gasteiger partial charge on any atom is -0.444 e. The molecule has 0 saturated carbocycles. The van der Waals surface area contributed by atoms with Crippen LogP contribution in [-0.2, 0) is 14.2 Å². The van der Waals surface area contributed by atoms with Crippen molar-refractivity contribution in [1.82, 2.24) is 0 Å². The molecule has 6 nitrogen and oxygen atoms in total. The predicted octanol–water partition coefficient (Wildman–Crippen LogP) is 3.20. The molecule has 1 amide bonds. The number of anilines is 2. The molecule has 0 aliphatic rings. The number of rotatable bonds is 6. The normalized spacial score (nSPS) is 11.4. The van der Waals surface area contributed by atoms with E-state index in [1.54, 1.807) is 20.8 Å². The second kappa shape index (κ2) is 7.95. The lowest BCUT2D eigenvalue weighted by Crippen LogP contribution is -2.27. The summed E-state index contributed by atoms with van der Waals surface area (Å²) in [4.78, 5) is 11.7. The molecule has 0 unspecified atom stereocenters. The van der Waals surface area contributed by atoms with Gasteiger partial charge in [-0.2, -0.15) is 0 Å². The zero-order valence-electron chi connectivity index (χ0n) is 13.5. The largest absolute Gasteiger partial charge is 0.444 e. The summed E-state index contributed by atoms with van der Waals surface area (Å²) in [5.41, 5.74) is 0.0483. The van der Waals surface area contributed by atoms with Gasteiger partial charge in [0, 0.05) is 19.9 Å². The van der Waals surface area contributed by atoms with Crippen molar-refractivity contribution in [3.05, 3.63) is 24.0 Å². The van der Waals surface area contributed by atoms with Gasteiger partial charge in [0.25, 0.3) is 0 Å². The van der Waals surface area contributed by atoms with E-state index in [0.717, 1.165) is 0 Å². The highest BCUT2D eigenvalue weighted by Gasteiger charge is 2.16. The molecule has 0 aliphatic carbocycles. The molecule has 2 N–H and O–H groups in total. The molecule has 1 aromatic carbocycles. The van der Waals surface area contributed by atoms with Crippen molar-refractivity contribution in [2.24, 2.45) is 0 Å². The van der Waals surface area contributed by atoms with Crippen LogP contribution in [0.4, 0.5) is 20.6 Å². The van der Waals surface area contributed by atoms with Crippen molar-refractivity contribution < 1.29 is 23.4 Å². The van der Waals surface area contributed by atoms with Gasteiger partial charge in [-0.05, 0) is 39.0 Å². The summed E-state index contributed by atoms with van der Waals surface area (Å²) in [5.74, 6) is -0.444. The first-order chi connectivity index (χ1) is 10.2. The third-order valence-electron chi connectivity index (χ3n) is 2.60. The van der Waals surface area contributed by atoms with E-state index in [1.807, 2.05) is 0 Å². The monoisotopic (exact) mass is 314 g/mol. The van der Waals surface area contributed by atoms with E-state index >= 15 is 0 Å². The molecule has 0 fully saturated rings. The number of carbonyl (C=O) groups is 1. The van der Waals surface area contributed by atoms with E-state index in [9.17, 15) is 9.18 Å². The van der Waals surface area contributed by atoms with Gasteiger partial charge in [0.05, 0.1) is 12.2 Å². The number of methoxy groups -OCH3 is 2. The first kappa shape index (κ1) is 18.2. The van der Waals surface area contributed by atoms with Crippen molar-refractivity contribution in [2.45, 2.75) is 32.7 Å². The number of hydrogen-bond donors (Lipinski definition) is 2. The zero-order chi connectivity index (χ0) is 16.8. The Labute approximate surface area is 129 Å². The van der Waals surface area contributed by atoms with Crippen LogP contribution in [0.2, 0.25) is 0 Å². The molecule has 7 heteroatoms. The Morgan fingerprint density at radius 3 is 2.45 bits per heavy atom. The van der Waals surface area contributed by atoms with Crippen LogP contribution in [0, 0.1) is 5.82 Å². The lowest BCUT2D eigenvalue weighted by Gasteiger charge is -2.20. The first-order valence-electron chi connectivity index (χ1n) is 6.84. The first-order valence-corrected chi connectivity index (χ1v) is 6.84. The lowest BCUT2D eigenvalue weighted by atomic mass is 10.2. The third kappa shape index (κ3) is 6.28. The molecule has 0 spiro atoms. The highest BCUT2D eigenvalue weighted by atomic mass is 19.1. The van der Waals surface area contributed by atoms with Gasteiger partial charge in [0.15, 0.2) is 6.29 Å². The standard InChI is InChI=1S/C15H23FN2O4/c1-15(2,3)22-14(19)18-10-6-7-11(16)12(8-10)17-9-13(20-4)21-5/h6-8,13,17H,9H2,1-5H3,(H,18,19). The van der Waals surface area contributed by atoms with Crippen LogP contribution in [0.25, 0.3) is 0 Å². The van der Waals surface area contributed by atoms with Crippen LogP contribution in [-0.4, -0.2) is 38.7 Å². The quantitative estimate of drug-likeness (QED) is 0.789. The van der Waals surface area contributed by atoms with Crippen molar-refractivity contribution in [2.75, 3.05) is 31.4 Å². The molecule has 0 bridgehead atoms. The summed E-state index contributed by atoms with van der Waals surface area (Å²) in [6.45, 7) is 5.55. The fourth-order valence-corrected chi connectivity index (χ4v) is 1.62. The molecule has 1 aromatic rings. The molecule has 0 aromatic heterocycles. The molecule has 22 heavy (non-hydrogen) atoms. The maximum atomic E-state index is 13.7. The summed E-state index contributed by atoms with van der Waals surface area (Å²) < 4.78 is 28.9. The van der Waals surface area contributed by atoms with Gasteiger partial charge in [0.1, 0.15) is 11.4 Å². The van der Waals surface area contributed by atoms with Gasteiger partial charge in [-0.15, -0.1) is 0 Å². The second-order valence-electron chi connectivity index (χ2n) is 5.60. The van der Waals surface area contributed by atoms with Gasteiger partial charge in [-0.3, -0.25) is 5.32 Å². The zero-order valence-corrected chi connectivity index (χ0v) is 13.5. The van der Waals surface area contributed by atoms with Gasteiger partial charge in [0.2, 0.25) is 0 Å². The highest BCUT2D eigenvalue weighted by molar-refractivity contribution is 5.85. The van der Waals surface area contributed by atoms with Crippen LogP contribution in [0.15, 0.2) is 18.2 Å². The molecule has 0 atom stereocenters. The number of benzene rings is 1. The van der Waals surface area contributed by atoms with E-state index in [1.165, 1.54) is 32.4 Å². The summed E-state index contributed by atoms with van der Waals surface area (Å²) in [6.07, 6.45) is -1.10. The predicted molar refractivity (Wildman–Crippen MR) is 82.6 cm³/mol. The molecule has 0 radical (unpaired) electrons. The molecular weight excluding hydrogens is 291 g/mol. The van der Waals surface area contributed by atoms with E-state index in [-0.39, 0.29) is 12.2 Å². The van der Waals surface area contributed by atoms with Crippen molar-refractivity contribution in [3.63, 3.8) is 0 Å². The summed E-state index contributed by atoms with van der Waals surface area (Å²) in [5, 5.41) is 5.41. The second-order valence-corrected chi connectivity index (χ2v) is 5.60. The Morgan fingerprint density at radius 2 is 1.91 bits per heavy atom. The van der Waals surface area contributed by atoms with Gasteiger partial charge in [-0.1, -0.05) is 0 Å². The maximum absolute atomic E-state index is 13.7. The van der Waals surface area contributed by atoms with Gasteiger partial charge in [-0.25, -0.2) is 9.18 Å².